The van der Waals surface area contributed by atoms with E-state index in [-0.39, 0.29) is 10.6 Å². The van der Waals surface area contributed by atoms with Crippen LogP contribution in [0.5, 0.6) is 0 Å². The zero-order chi connectivity index (χ0) is 17.9. The molecular formula is C19H38O3Si. The molecule has 4 atom stereocenters. The van der Waals surface area contributed by atoms with Crippen LogP contribution in [0.4, 0.5) is 0 Å². The Morgan fingerprint density at radius 2 is 1.78 bits per heavy atom. The van der Waals surface area contributed by atoms with Gasteiger partial charge in [0.2, 0.25) is 0 Å². The van der Waals surface area contributed by atoms with Gasteiger partial charge in [-0.3, -0.25) is 0 Å². The van der Waals surface area contributed by atoms with E-state index < -0.39 is 8.32 Å². The third kappa shape index (κ3) is 4.91. The summed E-state index contributed by atoms with van der Waals surface area (Å²) in [7, 11) is -0.123. The molecule has 1 rings (SSSR count). The van der Waals surface area contributed by atoms with Crippen molar-refractivity contribution in [3.8, 4) is 0 Å². The maximum absolute atomic E-state index is 6.52. The van der Waals surface area contributed by atoms with Gasteiger partial charge in [0.25, 0.3) is 0 Å². The Bertz CT molecular complexity index is 389. The first-order valence-electron chi connectivity index (χ1n) is 8.88. The molecule has 0 spiro atoms. The summed E-state index contributed by atoms with van der Waals surface area (Å²) in [5, 5.41) is 0.204. The van der Waals surface area contributed by atoms with Crippen molar-refractivity contribution < 1.29 is 13.9 Å². The number of hydrogen-bond acceptors (Lipinski definition) is 3. The smallest absolute Gasteiger partial charge is 0.192 e. The summed E-state index contributed by atoms with van der Waals surface area (Å²) in [6, 6.07) is 0. The van der Waals surface area contributed by atoms with Crippen LogP contribution in [0.2, 0.25) is 18.1 Å². The summed E-state index contributed by atoms with van der Waals surface area (Å²) >= 11 is 0. The molecule has 1 aliphatic rings. The van der Waals surface area contributed by atoms with Crippen molar-refractivity contribution in [2.45, 2.75) is 71.2 Å². The van der Waals surface area contributed by atoms with Gasteiger partial charge in [0, 0.05) is 7.11 Å². The van der Waals surface area contributed by atoms with E-state index in [0.29, 0.717) is 31.2 Å². The molecule has 0 N–H and O–H groups in total. The van der Waals surface area contributed by atoms with Crippen molar-refractivity contribution >= 4 is 8.32 Å². The van der Waals surface area contributed by atoms with E-state index in [1.807, 2.05) is 0 Å². The van der Waals surface area contributed by atoms with Crippen LogP contribution in [0, 0.1) is 17.8 Å². The largest absolute Gasteiger partial charge is 0.414 e. The van der Waals surface area contributed by atoms with Crippen LogP contribution in [-0.2, 0) is 13.9 Å². The summed E-state index contributed by atoms with van der Waals surface area (Å²) in [6.45, 7) is 20.9. The van der Waals surface area contributed by atoms with Crippen LogP contribution < -0.4 is 0 Å². The van der Waals surface area contributed by atoms with Crippen LogP contribution in [-0.4, -0.2) is 34.4 Å². The van der Waals surface area contributed by atoms with E-state index in [0.717, 1.165) is 0 Å². The molecule has 4 heteroatoms. The summed E-state index contributed by atoms with van der Waals surface area (Å²) in [4.78, 5) is 0. The lowest BCUT2D eigenvalue weighted by molar-refractivity contribution is -0.167. The predicted octanol–water partition coefficient (Wildman–Crippen LogP) is 5.24. The molecule has 3 nitrogen and oxygen atoms in total. The van der Waals surface area contributed by atoms with Gasteiger partial charge >= 0.3 is 0 Å². The van der Waals surface area contributed by atoms with Crippen LogP contribution in [0.3, 0.4) is 0 Å². The van der Waals surface area contributed by atoms with Gasteiger partial charge < -0.3 is 13.9 Å². The van der Waals surface area contributed by atoms with Gasteiger partial charge in [-0.15, -0.1) is 6.58 Å². The van der Waals surface area contributed by atoms with Crippen molar-refractivity contribution in [1.82, 2.24) is 0 Å². The molecule has 1 aliphatic carbocycles. The molecule has 0 aromatic carbocycles. The molecule has 0 radical (unpaired) electrons. The number of methoxy groups -OCH3 is 1. The van der Waals surface area contributed by atoms with E-state index in [4.69, 9.17) is 13.9 Å². The molecule has 0 aliphatic heterocycles. The SMILES string of the molecule is C=C[C@@H]1[C@H](C)CC[C@H]1[C@@](C)(CO[Si](C)(C)C(C)(C)C)OCOC. The lowest BCUT2D eigenvalue weighted by atomic mass is 9.79. The molecule has 0 saturated heterocycles. The Balaban J connectivity index is 2.92. The molecule has 1 saturated carbocycles. The number of ether oxygens (including phenoxy) is 2. The second-order valence-corrected chi connectivity index (χ2v) is 13.7. The number of hydrogen-bond donors (Lipinski definition) is 0. The highest BCUT2D eigenvalue weighted by Gasteiger charge is 2.47. The number of rotatable bonds is 8. The Hall–Kier alpha value is -0.163. The van der Waals surface area contributed by atoms with Gasteiger partial charge in [-0.1, -0.05) is 33.8 Å². The molecule has 0 amide bonds. The van der Waals surface area contributed by atoms with E-state index in [2.05, 4.69) is 60.4 Å². The first kappa shape index (κ1) is 20.9. The molecule has 0 aromatic rings. The molecule has 23 heavy (non-hydrogen) atoms. The molecule has 0 bridgehead atoms. The molecule has 136 valence electrons. The normalized spacial score (nSPS) is 28.6. The fraction of sp³-hybridized carbons (Fsp3) is 0.895. The molecule has 0 unspecified atom stereocenters. The summed E-state index contributed by atoms with van der Waals surface area (Å²) in [5.74, 6) is 1.59. The van der Waals surface area contributed by atoms with Gasteiger partial charge in [0.1, 0.15) is 6.79 Å². The first-order valence-corrected chi connectivity index (χ1v) is 11.8. The van der Waals surface area contributed by atoms with Gasteiger partial charge in [-0.2, -0.15) is 0 Å². The highest BCUT2D eigenvalue weighted by molar-refractivity contribution is 6.74. The van der Waals surface area contributed by atoms with Crippen molar-refractivity contribution in [2.75, 3.05) is 20.5 Å². The molecule has 1 fully saturated rings. The Kier molecular flexibility index (Phi) is 7.09. The van der Waals surface area contributed by atoms with Crippen LogP contribution in [0.25, 0.3) is 0 Å². The van der Waals surface area contributed by atoms with Gasteiger partial charge in [0.05, 0.1) is 12.2 Å². The Morgan fingerprint density at radius 3 is 2.26 bits per heavy atom. The molecular weight excluding hydrogens is 304 g/mol. The first-order chi connectivity index (χ1) is 10.5. The van der Waals surface area contributed by atoms with Gasteiger partial charge in [0.15, 0.2) is 8.32 Å². The average molecular weight is 343 g/mol. The van der Waals surface area contributed by atoms with Crippen molar-refractivity contribution in [3.05, 3.63) is 12.7 Å². The quantitative estimate of drug-likeness (QED) is 0.343. The van der Waals surface area contributed by atoms with Gasteiger partial charge in [-0.05, 0) is 55.7 Å². The summed E-state index contributed by atoms with van der Waals surface area (Å²) in [5.41, 5.74) is -0.324. The number of allylic oxidation sites excluding steroid dienone is 1. The van der Waals surface area contributed by atoms with Crippen LogP contribution in [0.15, 0.2) is 12.7 Å². The lowest BCUT2D eigenvalue weighted by Crippen LogP contribution is -2.50. The van der Waals surface area contributed by atoms with Crippen molar-refractivity contribution in [1.29, 1.82) is 0 Å². The minimum atomic E-state index is -1.80. The van der Waals surface area contributed by atoms with Crippen LogP contribution >= 0.6 is 0 Å². The summed E-state index contributed by atoms with van der Waals surface area (Å²) in [6.07, 6.45) is 4.51. The van der Waals surface area contributed by atoms with E-state index in [9.17, 15) is 0 Å². The maximum atomic E-state index is 6.52. The fourth-order valence-electron chi connectivity index (χ4n) is 3.32. The van der Waals surface area contributed by atoms with E-state index in [1.54, 1.807) is 7.11 Å². The fourth-order valence-corrected chi connectivity index (χ4v) is 4.40. The monoisotopic (exact) mass is 342 g/mol. The highest BCUT2D eigenvalue weighted by atomic mass is 28.4. The molecule has 0 heterocycles. The minimum Gasteiger partial charge on any atom is -0.414 e. The molecule has 0 aromatic heterocycles. The van der Waals surface area contributed by atoms with Gasteiger partial charge in [-0.25, -0.2) is 0 Å². The third-order valence-corrected chi connectivity index (χ3v) is 10.6. The van der Waals surface area contributed by atoms with Crippen molar-refractivity contribution in [2.24, 2.45) is 17.8 Å². The maximum Gasteiger partial charge on any atom is 0.192 e. The predicted molar refractivity (Wildman–Crippen MR) is 100 cm³/mol. The minimum absolute atomic E-state index is 0.204. The third-order valence-electron chi connectivity index (χ3n) is 6.14. The van der Waals surface area contributed by atoms with Crippen LogP contribution in [0.1, 0.15) is 47.5 Å². The zero-order valence-electron chi connectivity index (χ0n) is 16.6. The highest BCUT2D eigenvalue weighted by Crippen LogP contribution is 2.46. The average Bonchev–Trinajstić information content (AvgIpc) is 2.83. The van der Waals surface area contributed by atoms with E-state index in [1.165, 1.54) is 12.8 Å². The second-order valence-electron chi connectivity index (χ2n) is 8.89. The Morgan fingerprint density at radius 1 is 1.17 bits per heavy atom. The van der Waals surface area contributed by atoms with E-state index >= 15 is 0 Å². The topological polar surface area (TPSA) is 27.7 Å². The summed E-state index contributed by atoms with van der Waals surface area (Å²) < 4.78 is 17.9. The standard InChI is InChI=1S/C19H38O3Si/c1-10-16-15(2)11-12-17(16)19(6,21-14-20-7)13-22-23(8,9)18(3,4)5/h10,15-17H,1,11-14H2,2-9H3/t15-,16-,17-,19-/m1/s1. The lowest BCUT2D eigenvalue weighted by Gasteiger charge is -2.43. The van der Waals surface area contributed by atoms with Crippen molar-refractivity contribution in [3.63, 3.8) is 0 Å². The second kappa shape index (κ2) is 7.81. The zero-order valence-corrected chi connectivity index (χ0v) is 17.6. The Labute approximate surface area is 144 Å².